The van der Waals surface area contributed by atoms with Gasteiger partial charge in [0, 0.05) is 17.7 Å². The lowest BCUT2D eigenvalue weighted by molar-refractivity contribution is 1.29. The van der Waals surface area contributed by atoms with Gasteiger partial charge >= 0.3 is 0 Å². The Morgan fingerprint density at radius 3 is 3.00 bits per heavy atom. The maximum Gasteiger partial charge on any atom is 0.0762 e. The van der Waals surface area contributed by atoms with Crippen molar-refractivity contribution < 1.29 is 0 Å². The van der Waals surface area contributed by atoms with E-state index in [-0.39, 0.29) is 0 Å². The van der Waals surface area contributed by atoms with Gasteiger partial charge < -0.3 is 5.73 Å². The highest BCUT2D eigenvalue weighted by Crippen LogP contribution is 2.23. The van der Waals surface area contributed by atoms with Crippen molar-refractivity contribution in [3.8, 4) is 0 Å². The van der Waals surface area contributed by atoms with Crippen molar-refractivity contribution in [2.75, 3.05) is 6.54 Å². The highest BCUT2D eigenvalue weighted by Gasteiger charge is 1.94. The zero-order valence-electron chi connectivity index (χ0n) is 6.99. The minimum absolute atomic E-state index is 0.459. The molecule has 0 aliphatic heterocycles. The number of aryl methyl sites for hydroxylation is 1. The van der Waals surface area contributed by atoms with Crippen molar-refractivity contribution in [3.05, 3.63) is 23.8 Å². The first-order valence-electron chi connectivity index (χ1n) is 3.76. The van der Waals surface area contributed by atoms with Gasteiger partial charge in [0.2, 0.25) is 0 Å². The zero-order chi connectivity index (χ0) is 8.97. The number of nitrogens with two attached hydrogens (primary N) is 1. The molecule has 64 valence electrons. The van der Waals surface area contributed by atoms with Crippen LogP contribution in [0.5, 0.6) is 0 Å². The number of nitrogens with zero attached hydrogens (tertiary/aromatic N) is 1. The van der Waals surface area contributed by atoms with E-state index in [0.717, 1.165) is 10.6 Å². The van der Waals surface area contributed by atoms with Crippen LogP contribution in [0.2, 0.25) is 0 Å². The molecule has 3 heteroatoms. The molecule has 0 unspecified atom stereocenters. The fourth-order valence-electron chi connectivity index (χ4n) is 0.888. The molecule has 12 heavy (non-hydrogen) atoms. The number of hydrogen-bond donors (Lipinski definition) is 2. The maximum atomic E-state index is 5.29. The van der Waals surface area contributed by atoms with E-state index in [4.69, 9.17) is 5.73 Å². The van der Waals surface area contributed by atoms with Crippen LogP contribution in [0.25, 0.3) is 0 Å². The fourth-order valence-corrected chi connectivity index (χ4v) is 1.08. The van der Waals surface area contributed by atoms with Crippen molar-refractivity contribution in [2.45, 2.75) is 11.8 Å². The lowest BCUT2D eigenvalue weighted by Crippen LogP contribution is -1.98. The fraction of sp³-hybridized carbons (Fsp3) is 0.222. The number of benzene rings is 1. The highest BCUT2D eigenvalue weighted by atomic mass is 32.1. The van der Waals surface area contributed by atoms with E-state index in [9.17, 15) is 0 Å². The third-order valence-electron chi connectivity index (χ3n) is 1.47. The molecule has 0 radical (unpaired) electrons. The van der Waals surface area contributed by atoms with E-state index in [1.54, 1.807) is 6.21 Å². The van der Waals surface area contributed by atoms with Crippen LogP contribution in [0.3, 0.4) is 0 Å². The van der Waals surface area contributed by atoms with E-state index < -0.39 is 0 Å². The van der Waals surface area contributed by atoms with Crippen molar-refractivity contribution in [2.24, 2.45) is 10.7 Å². The molecule has 0 bridgehead atoms. The molecule has 2 N–H and O–H groups in total. The Labute approximate surface area is 77.9 Å². The van der Waals surface area contributed by atoms with Crippen molar-refractivity contribution in [3.63, 3.8) is 0 Å². The summed E-state index contributed by atoms with van der Waals surface area (Å²) in [6.45, 7) is 2.48. The van der Waals surface area contributed by atoms with Crippen LogP contribution in [0.1, 0.15) is 5.56 Å². The summed E-state index contributed by atoms with van der Waals surface area (Å²) in [5, 5.41) is 0. The van der Waals surface area contributed by atoms with Gasteiger partial charge in [0.25, 0.3) is 0 Å². The average Bonchev–Trinajstić information content (AvgIpc) is 2.07. The quantitative estimate of drug-likeness (QED) is 0.530. The van der Waals surface area contributed by atoms with Crippen LogP contribution in [-0.4, -0.2) is 12.8 Å². The Hall–Kier alpha value is -0.800. The van der Waals surface area contributed by atoms with Crippen LogP contribution in [0.4, 0.5) is 5.69 Å². The summed E-state index contributed by atoms with van der Waals surface area (Å²) in [6.07, 6.45) is 1.68. The zero-order valence-corrected chi connectivity index (χ0v) is 7.88. The molecule has 0 aliphatic rings. The van der Waals surface area contributed by atoms with Crippen molar-refractivity contribution in [1.29, 1.82) is 0 Å². The molecule has 0 heterocycles. The van der Waals surface area contributed by atoms with Gasteiger partial charge in [0.05, 0.1) is 5.69 Å². The maximum absolute atomic E-state index is 5.29. The molecule has 1 aromatic rings. The predicted octanol–water partition coefficient (Wildman–Crippen LogP) is 1.94. The first-order chi connectivity index (χ1) is 5.74. The second-order valence-electron chi connectivity index (χ2n) is 2.54. The topological polar surface area (TPSA) is 38.4 Å². The van der Waals surface area contributed by atoms with Gasteiger partial charge in [0.15, 0.2) is 0 Å². The molecule has 1 aromatic carbocycles. The van der Waals surface area contributed by atoms with Gasteiger partial charge in [-0.05, 0) is 24.6 Å². The van der Waals surface area contributed by atoms with Gasteiger partial charge in [-0.3, -0.25) is 4.99 Å². The van der Waals surface area contributed by atoms with E-state index in [1.807, 2.05) is 25.1 Å². The summed E-state index contributed by atoms with van der Waals surface area (Å²) < 4.78 is 0. The Bertz CT molecular complexity index is 295. The predicted molar refractivity (Wildman–Crippen MR) is 55.6 cm³/mol. The molecule has 0 aliphatic carbocycles. The Kier molecular flexibility index (Phi) is 3.31. The van der Waals surface area contributed by atoms with E-state index in [2.05, 4.69) is 17.6 Å². The summed E-state index contributed by atoms with van der Waals surface area (Å²) in [5.41, 5.74) is 7.35. The number of thiol groups is 1. The van der Waals surface area contributed by atoms with Gasteiger partial charge in [-0.15, -0.1) is 12.6 Å². The van der Waals surface area contributed by atoms with Gasteiger partial charge in [0.1, 0.15) is 0 Å². The van der Waals surface area contributed by atoms with Crippen LogP contribution in [0, 0.1) is 6.92 Å². The van der Waals surface area contributed by atoms with Crippen LogP contribution in [0.15, 0.2) is 28.1 Å². The molecular weight excluding hydrogens is 168 g/mol. The van der Waals surface area contributed by atoms with Crippen LogP contribution < -0.4 is 5.73 Å². The van der Waals surface area contributed by atoms with Gasteiger partial charge in [-0.25, -0.2) is 0 Å². The Morgan fingerprint density at radius 2 is 2.33 bits per heavy atom. The molecular formula is C9H12N2S. The third kappa shape index (κ3) is 2.36. The van der Waals surface area contributed by atoms with E-state index >= 15 is 0 Å². The lowest BCUT2D eigenvalue weighted by Gasteiger charge is -1.99. The lowest BCUT2D eigenvalue weighted by atomic mass is 10.2. The normalized spacial score (nSPS) is 10.9. The van der Waals surface area contributed by atoms with E-state index in [1.165, 1.54) is 5.56 Å². The van der Waals surface area contributed by atoms with Crippen LogP contribution in [-0.2, 0) is 0 Å². The largest absolute Gasteiger partial charge is 0.326 e. The Morgan fingerprint density at radius 1 is 1.58 bits per heavy atom. The summed E-state index contributed by atoms with van der Waals surface area (Å²) in [5.74, 6) is 0. The second-order valence-corrected chi connectivity index (χ2v) is 3.02. The molecule has 1 rings (SSSR count). The van der Waals surface area contributed by atoms with Gasteiger partial charge in [-0.2, -0.15) is 0 Å². The Balaban J connectivity index is 2.97. The number of aliphatic imine (C=N–C) groups is 1. The summed E-state index contributed by atoms with van der Waals surface area (Å²) in [6, 6.07) is 5.92. The highest BCUT2D eigenvalue weighted by molar-refractivity contribution is 7.80. The molecule has 0 aromatic heterocycles. The minimum Gasteiger partial charge on any atom is -0.326 e. The average molecular weight is 180 g/mol. The smallest absolute Gasteiger partial charge is 0.0762 e. The summed E-state index contributed by atoms with van der Waals surface area (Å²) in [4.78, 5) is 5.04. The van der Waals surface area contributed by atoms with Crippen molar-refractivity contribution >= 4 is 24.5 Å². The summed E-state index contributed by atoms with van der Waals surface area (Å²) in [7, 11) is 0. The molecule has 0 spiro atoms. The summed E-state index contributed by atoms with van der Waals surface area (Å²) >= 11 is 4.26. The first-order valence-corrected chi connectivity index (χ1v) is 4.21. The van der Waals surface area contributed by atoms with Gasteiger partial charge in [-0.1, -0.05) is 6.07 Å². The molecule has 0 atom stereocenters. The number of hydrogen-bond acceptors (Lipinski definition) is 3. The molecule has 0 saturated heterocycles. The SMILES string of the molecule is Cc1ccc(S)c(N=CCN)c1. The molecule has 0 fully saturated rings. The molecule has 0 amide bonds. The van der Waals surface area contributed by atoms with Crippen LogP contribution >= 0.6 is 12.6 Å². The third-order valence-corrected chi connectivity index (χ3v) is 1.84. The standard InChI is InChI=1S/C9H12N2S/c1-7-2-3-9(12)8(6-7)11-5-4-10/h2-3,5-6,12H,4,10H2,1H3. The van der Waals surface area contributed by atoms with Crippen molar-refractivity contribution in [1.82, 2.24) is 0 Å². The first kappa shape index (κ1) is 9.29. The molecule has 0 saturated carbocycles. The monoisotopic (exact) mass is 180 g/mol. The number of rotatable bonds is 2. The molecule has 2 nitrogen and oxygen atoms in total. The minimum atomic E-state index is 0.459. The van der Waals surface area contributed by atoms with E-state index in [0.29, 0.717) is 6.54 Å². The second kappa shape index (κ2) is 4.28.